The number of benzene rings is 4. The highest BCUT2D eigenvalue weighted by Gasteiger charge is 2.57. The number of halogens is 3. The van der Waals surface area contributed by atoms with Crippen LogP contribution in [0.4, 0.5) is 4.79 Å². The summed E-state index contributed by atoms with van der Waals surface area (Å²) in [4.78, 5) is 69.8. The Kier molecular flexibility index (Phi) is 12.0. The minimum absolute atomic E-state index is 0.0284. The molecule has 2 aliphatic heterocycles. The van der Waals surface area contributed by atoms with E-state index in [0.717, 1.165) is 9.78 Å². The van der Waals surface area contributed by atoms with Crippen molar-refractivity contribution in [2.24, 2.45) is 0 Å². The summed E-state index contributed by atoms with van der Waals surface area (Å²) in [5.41, 5.74) is 0.479. The lowest BCUT2D eigenvalue weighted by Crippen LogP contribution is -2.71. The molecule has 1 saturated heterocycles. The van der Waals surface area contributed by atoms with E-state index in [1.165, 1.54) is 41.7 Å². The highest BCUT2D eigenvalue weighted by molar-refractivity contribution is 8.14. The first kappa shape index (κ1) is 38.9. The third-order valence-electron chi connectivity index (χ3n) is 8.45. The van der Waals surface area contributed by atoms with Gasteiger partial charge in [0.25, 0.3) is 5.91 Å². The molecule has 0 spiro atoms. The molecule has 2 amide bonds. The summed E-state index contributed by atoms with van der Waals surface area (Å²) in [6, 6.07) is 29.1. The maximum atomic E-state index is 14.3. The van der Waals surface area contributed by atoms with E-state index in [2.05, 4.69) is 5.32 Å². The lowest BCUT2D eigenvalue weighted by Gasteiger charge is -2.49. The summed E-state index contributed by atoms with van der Waals surface area (Å²) >= 11 is 20.5. The Bertz CT molecular complexity index is 2300. The smallest absolute Gasteiger partial charge is 0.452 e. The number of rotatable bonds is 12. The highest BCUT2D eigenvalue weighted by Crippen LogP contribution is 2.43. The maximum Gasteiger partial charge on any atom is 0.514 e. The van der Waals surface area contributed by atoms with Gasteiger partial charge >= 0.3 is 12.1 Å². The number of carbonyl (C=O) groups is 5. The van der Waals surface area contributed by atoms with E-state index in [9.17, 15) is 24.0 Å². The normalized spacial score (nSPS) is 16.2. The number of ether oxygens (including phenoxy) is 4. The van der Waals surface area contributed by atoms with Crippen molar-refractivity contribution in [2.45, 2.75) is 23.9 Å². The van der Waals surface area contributed by atoms with Crippen LogP contribution in [0.2, 0.25) is 15.1 Å². The predicted octanol–water partition coefficient (Wildman–Crippen LogP) is 8.77. The lowest BCUT2D eigenvalue weighted by molar-refractivity contribution is -0.155. The number of β-lactam (4-membered cyclic amide) rings is 1. The van der Waals surface area contributed by atoms with E-state index in [4.69, 9.17) is 53.8 Å². The maximum absolute atomic E-state index is 14.3. The Balaban J connectivity index is 1.15. The van der Waals surface area contributed by atoms with Crippen molar-refractivity contribution in [3.05, 3.63) is 157 Å². The second kappa shape index (κ2) is 17.2. The average Bonchev–Trinajstić information content (AvgIpc) is 3.70. The van der Waals surface area contributed by atoms with Gasteiger partial charge < -0.3 is 24.3 Å². The van der Waals surface area contributed by atoms with Crippen molar-refractivity contribution >= 4 is 87.0 Å². The van der Waals surface area contributed by atoms with Crippen molar-refractivity contribution in [1.29, 1.82) is 0 Å². The van der Waals surface area contributed by atoms with Crippen LogP contribution in [-0.4, -0.2) is 52.0 Å². The van der Waals surface area contributed by atoms with Crippen LogP contribution in [0.1, 0.15) is 22.1 Å². The van der Waals surface area contributed by atoms with Gasteiger partial charge in [-0.25, -0.2) is 9.59 Å². The number of nitrogens with zero attached hydrogens (tertiary/aromatic N) is 1. The second-order valence-electron chi connectivity index (χ2n) is 12.1. The third kappa shape index (κ3) is 8.72. The molecule has 0 aliphatic carbocycles. The van der Waals surface area contributed by atoms with Crippen LogP contribution in [0.15, 0.2) is 126 Å². The molecule has 4 aromatic carbocycles. The minimum atomic E-state index is -1.29. The van der Waals surface area contributed by atoms with Gasteiger partial charge in [0.15, 0.2) is 17.6 Å². The Morgan fingerprint density at radius 1 is 0.786 bits per heavy atom. The first-order valence-electron chi connectivity index (χ1n) is 16.7. The molecule has 0 bridgehead atoms. The fourth-order valence-corrected chi connectivity index (χ4v) is 8.31. The zero-order chi connectivity index (χ0) is 39.3. The van der Waals surface area contributed by atoms with Crippen LogP contribution in [0.5, 0.6) is 17.2 Å². The molecule has 5 aromatic rings. The van der Waals surface area contributed by atoms with Gasteiger partial charge in [0.1, 0.15) is 29.5 Å². The highest BCUT2D eigenvalue weighted by atomic mass is 35.5. The van der Waals surface area contributed by atoms with Crippen LogP contribution >= 0.6 is 57.9 Å². The minimum Gasteiger partial charge on any atom is -0.452 e. The number of amides is 2. The van der Waals surface area contributed by atoms with E-state index < -0.39 is 58.9 Å². The molecule has 16 heteroatoms. The monoisotopic (exact) mass is 848 g/mol. The molecule has 56 heavy (non-hydrogen) atoms. The molecule has 11 nitrogen and oxygen atoms in total. The molecule has 1 fully saturated rings. The first-order chi connectivity index (χ1) is 27.0. The van der Waals surface area contributed by atoms with Crippen LogP contribution in [0.25, 0.3) is 0 Å². The van der Waals surface area contributed by atoms with Gasteiger partial charge in [-0.15, -0.1) is 11.3 Å². The molecular weight excluding hydrogens is 823 g/mol. The van der Waals surface area contributed by atoms with Gasteiger partial charge in [0.2, 0.25) is 11.0 Å². The molecule has 1 unspecified atom stereocenters. The Morgan fingerprint density at radius 2 is 1.45 bits per heavy atom. The molecule has 1 N–H and O–H groups in total. The molecule has 7 rings (SSSR count). The summed E-state index contributed by atoms with van der Waals surface area (Å²) in [6.45, 7) is -0.790. The van der Waals surface area contributed by atoms with Crippen LogP contribution in [-0.2, 0) is 35.1 Å². The van der Waals surface area contributed by atoms with Gasteiger partial charge in [-0.05, 0) is 52.9 Å². The topological polar surface area (TPSA) is 138 Å². The number of thiophene rings is 1. The second-order valence-corrected chi connectivity index (χ2v) is 15.5. The summed E-state index contributed by atoms with van der Waals surface area (Å²) in [6.07, 6.45) is -2.21. The van der Waals surface area contributed by atoms with Crippen molar-refractivity contribution in [2.75, 3.05) is 6.61 Å². The largest absolute Gasteiger partial charge is 0.514 e. The van der Waals surface area contributed by atoms with Crippen molar-refractivity contribution in [1.82, 2.24) is 10.2 Å². The Morgan fingerprint density at radius 3 is 2.09 bits per heavy atom. The number of fused-ring (bicyclic) bond motifs is 1. The standard InChI is InChI=1S/C40H27Cl3N2O9S2/c41-24-13-15-29(28(43)18-24)52-30-16-14-25(42)19-31(30)53-40(50)51-21-27-34(38(48)54-35(22-8-3-1-4-9-22)23-10-5-2-6-11-23)45-36(47)33(37(45)56-39(27)49)44-32(46)20-26-12-7-17-55-26/h1-19,33,35,37H,20-21H2,(H,44,46)/t33?,37-/m0/s1. The summed E-state index contributed by atoms with van der Waals surface area (Å²) < 4.78 is 22.7. The fraction of sp³-hybridized carbons (Fsp3) is 0.125. The number of nitrogens with one attached hydrogen (secondary N) is 1. The van der Waals surface area contributed by atoms with Crippen LogP contribution < -0.4 is 14.8 Å². The number of carbonyl (C=O) groups excluding carboxylic acids is 5. The average molecular weight is 850 g/mol. The zero-order valence-electron chi connectivity index (χ0n) is 28.7. The number of hydrogen-bond donors (Lipinski definition) is 1. The molecule has 2 aliphatic rings. The van der Waals surface area contributed by atoms with Crippen molar-refractivity contribution in [3.8, 4) is 17.2 Å². The Labute approximate surface area is 343 Å². The van der Waals surface area contributed by atoms with E-state index >= 15 is 0 Å². The molecule has 0 saturated carbocycles. The Hall–Kier alpha value is -5.31. The fourth-order valence-electron chi connectivity index (χ4n) is 5.84. The number of thioether (sulfide) groups is 1. The summed E-state index contributed by atoms with van der Waals surface area (Å²) in [5.74, 6) is -2.03. The number of hydrogen-bond acceptors (Lipinski definition) is 11. The molecule has 1 aromatic heterocycles. The third-order valence-corrected chi connectivity index (χ3v) is 11.3. The molecular formula is C40H27Cl3N2O9S2. The van der Waals surface area contributed by atoms with E-state index in [0.29, 0.717) is 27.9 Å². The van der Waals surface area contributed by atoms with E-state index in [1.807, 2.05) is 17.5 Å². The quantitative estimate of drug-likeness (QED) is 0.0737. The van der Waals surface area contributed by atoms with Gasteiger partial charge in [0, 0.05) is 21.0 Å². The van der Waals surface area contributed by atoms with Gasteiger partial charge in [-0.3, -0.25) is 19.3 Å². The van der Waals surface area contributed by atoms with Crippen LogP contribution in [0, 0.1) is 0 Å². The molecule has 0 radical (unpaired) electrons. The van der Waals surface area contributed by atoms with E-state index in [-0.39, 0.29) is 39.3 Å². The van der Waals surface area contributed by atoms with Crippen molar-refractivity contribution < 1.29 is 42.9 Å². The predicted molar refractivity (Wildman–Crippen MR) is 211 cm³/mol. The van der Waals surface area contributed by atoms with Gasteiger partial charge in [-0.2, -0.15) is 0 Å². The first-order valence-corrected chi connectivity index (χ1v) is 19.6. The van der Waals surface area contributed by atoms with Gasteiger partial charge in [0.05, 0.1) is 17.0 Å². The number of esters is 1. The zero-order valence-corrected chi connectivity index (χ0v) is 32.6. The van der Waals surface area contributed by atoms with Crippen molar-refractivity contribution in [3.63, 3.8) is 0 Å². The molecule has 2 atom stereocenters. The van der Waals surface area contributed by atoms with E-state index in [1.54, 1.807) is 66.7 Å². The molecule has 3 heterocycles. The summed E-state index contributed by atoms with van der Waals surface area (Å²) in [7, 11) is 0. The SMILES string of the molecule is O=C(Cc1cccs1)NC1C(=O)N2C(C(=O)OC(c3ccccc3)c3ccccc3)=C(COC(=O)Oc3cc(Cl)ccc3Oc3ccc(Cl)cc3Cl)C(=O)S[C@@H]12. The van der Waals surface area contributed by atoms with Crippen LogP contribution in [0.3, 0.4) is 0 Å². The molecule has 284 valence electrons. The summed E-state index contributed by atoms with van der Waals surface area (Å²) in [5, 5.41) is 3.61. The van der Waals surface area contributed by atoms with Gasteiger partial charge in [-0.1, -0.05) is 113 Å². The lowest BCUT2D eigenvalue weighted by atomic mass is 10.0.